The standard InChI is InChI=1S/C10H13NO2/c12-7-10(11-8-13)6-9-4-2-1-3-5-9/h1-5,8,10,12H,6-7H2,(H,11,13)/t10-/m0/s1. The van der Waals surface area contributed by atoms with Gasteiger partial charge in [0.1, 0.15) is 0 Å². The van der Waals surface area contributed by atoms with Crippen LogP contribution in [0.25, 0.3) is 0 Å². The van der Waals surface area contributed by atoms with E-state index in [1.165, 1.54) is 0 Å². The quantitative estimate of drug-likeness (QED) is 0.640. The van der Waals surface area contributed by atoms with Crippen LogP contribution in [-0.2, 0) is 11.2 Å². The highest BCUT2D eigenvalue weighted by Gasteiger charge is 2.05. The Kier molecular flexibility index (Phi) is 3.99. The van der Waals surface area contributed by atoms with Gasteiger partial charge in [-0.3, -0.25) is 4.79 Å². The zero-order valence-corrected chi connectivity index (χ0v) is 7.31. The molecule has 0 fully saturated rings. The fraction of sp³-hybridized carbons (Fsp3) is 0.300. The molecular formula is C10H13NO2. The molecule has 70 valence electrons. The summed E-state index contributed by atoms with van der Waals surface area (Å²) in [6.45, 7) is -0.0341. The second-order valence-electron chi connectivity index (χ2n) is 2.85. The van der Waals surface area contributed by atoms with E-state index in [1.54, 1.807) is 0 Å². The zero-order chi connectivity index (χ0) is 9.52. The van der Waals surface area contributed by atoms with Crippen molar-refractivity contribution in [3.05, 3.63) is 35.9 Å². The van der Waals surface area contributed by atoms with Crippen molar-refractivity contribution in [2.45, 2.75) is 12.5 Å². The Morgan fingerprint density at radius 2 is 2.08 bits per heavy atom. The van der Waals surface area contributed by atoms with Crippen LogP contribution < -0.4 is 5.32 Å². The van der Waals surface area contributed by atoms with Crippen molar-refractivity contribution < 1.29 is 9.90 Å². The summed E-state index contributed by atoms with van der Waals surface area (Å²) >= 11 is 0. The number of aliphatic hydroxyl groups is 1. The van der Waals surface area contributed by atoms with Crippen molar-refractivity contribution in [2.24, 2.45) is 0 Å². The van der Waals surface area contributed by atoms with Crippen molar-refractivity contribution in [1.82, 2.24) is 5.32 Å². The van der Waals surface area contributed by atoms with Gasteiger partial charge in [0.05, 0.1) is 12.6 Å². The van der Waals surface area contributed by atoms with Gasteiger partial charge in [0.2, 0.25) is 6.41 Å². The maximum absolute atomic E-state index is 10.1. The third kappa shape index (κ3) is 3.25. The smallest absolute Gasteiger partial charge is 0.207 e. The Morgan fingerprint density at radius 3 is 2.62 bits per heavy atom. The molecule has 0 spiro atoms. The lowest BCUT2D eigenvalue weighted by Crippen LogP contribution is -2.33. The average molecular weight is 179 g/mol. The number of hydrogen-bond acceptors (Lipinski definition) is 2. The Labute approximate surface area is 77.4 Å². The fourth-order valence-corrected chi connectivity index (χ4v) is 1.17. The highest BCUT2D eigenvalue weighted by Crippen LogP contribution is 2.02. The average Bonchev–Trinajstić information content (AvgIpc) is 2.19. The Morgan fingerprint density at radius 1 is 1.38 bits per heavy atom. The summed E-state index contributed by atoms with van der Waals surface area (Å²) in [7, 11) is 0. The van der Waals surface area contributed by atoms with E-state index in [0.717, 1.165) is 5.56 Å². The minimum absolute atomic E-state index is 0.0341. The minimum atomic E-state index is -0.181. The fourth-order valence-electron chi connectivity index (χ4n) is 1.17. The first kappa shape index (κ1) is 9.74. The summed E-state index contributed by atoms with van der Waals surface area (Å²) in [5.41, 5.74) is 1.11. The van der Waals surface area contributed by atoms with Gasteiger partial charge < -0.3 is 10.4 Å². The van der Waals surface area contributed by atoms with Gasteiger partial charge in [0.15, 0.2) is 0 Å². The first-order valence-corrected chi connectivity index (χ1v) is 4.21. The van der Waals surface area contributed by atoms with Crippen LogP contribution in [0.4, 0.5) is 0 Å². The van der Waals surface area contributed by atoms with Gasteiger partial charge in [-0.15, -0.1) is 0 Å². The first-order valence-electron chi connectivity index (χ1n) is 4.21. The van der Waals surface area contributed by atoms with Gasteiger partial charge in [-0.05, 0) is 12.0 Å². The van der Waals surface area contributed by atoms with Crippen molar-refractivity contribution in [3.63, 3.8) is 0 Å². The van der Waals surface area contributed by atoms with Crippen LogP contribution >= 0.6 is 0 Å². The third-order valence-corrected chi connectivity index (χ3v) is 1.85. The number of benzene rings is 1. The molecule has 0 aromatic heterocycles. The molecule has 0 radical (unpaired) electrons. The molecule has 1 atom stereocenters. The molecule has 2 N–H and O–H groups in total. The van der Waals surface area contributed by atoms with Crippen LogP contribution in [0.5, 0.6) is 0 Å². The summed E-state index contributed by atoms with van der Waals surface area (Å²) < 4.78 is 0. The van der Waals surface area contributed by atoms with Crippen LogP contribution in [0.3, 0.4) is 0 Å². The molecule has 1 aromatic carbocycles. The SMILES string of the molecule is O=CN[C@H](CO)Cc1ccccc1. The molecule has 1 rings (SSSR count). The minimum Gasteiger partial charge on any atom is -0.394 e. The lowest BCUT2D eigenvalue weighted by molar-refractivity contribution is -0.110. The summed E-state index contributed by atoms with van der Waals surface area (Å²) in [6, 6.07) is 9.56. The van der Waals surface area contributed by atoms with Crippen LogP contribution in [0.2, 0.25) is 0 Å². The second kappa shape index (κ2) is 5.32. The summed E-state index contributed by atoms with van der Waals surface area (Å²) in [5.74, 6) is 0. The molecule has 0 saturated heterocycles. The summed E-state index contributed by atoms with van der Waals surface area (Å²) in [4.78, 5) is 10.1. The molecule has 3 nitrogen and oxygen atoms in total. The molecule has 1 aromatic rings. The molecule has 0 aliphatic carbocycles. The lowest BCUT2D eigenvalue weighted by Gasteiger charge is -2.12. The van der Waals surface area contributed by atoms with Crippen LogP contribution in [0, 0.1) is 0 Å². The van der Waals surface area contributed by atoms with E-state index < -0.39 is 0 Å². The maximum atomic E-state index is 10.1. The van der Waals surface area contributed by atoms with E-state index in [2.05, 4.69) is 5.32 Å². The molecular weight excluding hydrogens is 166 g/mol. The van der Waals surface area contributed by atoms with E-state index >= 15 is 0 Å². The molecule has 0 saturated carbocycles. The number of carbonyl (C=O) groups is 1. The molecule has 0 bridgehead atoms. The van der Waals surface area contributed by atoms with Gasteiger partial charge in [-0.2, -0.15) is 0 Å². The first-order chi connectivity index (χ1) is 6.36. The second-order valence-corrected chi connectivity index (χ2v) is 2.85. The largest absolute Gasteiger partial charge is 0.394 e. The van der Waals surface area contributed by atoms with Crippen molar-refractivity contribution in [2.75, 3.05) is 6.61 Å². The number of hydrogen-bond donors (Lipinski definition) is 2. The topological polar surface area (TPSA) is 49.3 Å². The van der Waals surface area contributed by atoms with Crippen molar-refractivity contribution in [3.8, 4) is 0 Å². The number of amides is 1. The molecule has 0 unspecified atom stereocenters. The van der Waals surface area contributed by atoms with E-state index in [9.17, 15) is 4.79 Å². The highest BCUT2D eigenvalue weighted by molar-refractivity contribution is 5.46. The van der Waals surface area contributed by atoms with E-state index in [1.807, 2.05) is 30.3 Å². The highest BCUT2D eigenvalue weighted by atomic mass is 16.3. The number of carbonyl (C=O) groups excluding carboxylic acids is 1. The van der Waals surface area contributed by atoms with Gasteiger partial charge in [-0.25, -0.2) is 0 Å². The molecule has 1 amide bonds. The zero-order valence-electron chi connectivity index (χ0n) is 7.31. The van der Waals surface area contributed by atoms with Crippen LogP contribution in [0.15, 0.2) is 30.3 Å². The van der Waals surface area contributed by atoms with Gasteiger partial charge >= 0.3 is 0 Å². The molecule has 3 heteroatoms. The van der Waals surface area contributed by atoms with E-state index in [-0.39, 0.29) is 12.6 Å². The van der Waals surface area contributed by atoms with Crippen molar-refractivity contribution in [1.29, 1.82) is 0 Å². The summed E-state index contributed by atoms with van der Waals surface area (Å²) in [6.07, 6.45) is 1.28. The van der Waals surface area contributed by atoms with Gasteiger partial charge in [0.25, 0.3) is 0 Å². The Bertz CT molecular complexity index is 248. The molecule has 0 aliphatic heterocycles. The Balaban J connectivity index is 2.51. The molecule has 13 heavy (non-hydrogen) atoms. The van der Waals surface area contributed by atoms with E-state index in [4.69, 9.17) is 5.11 Å². The maximum Gasteiger partial charge on any atom is 0.207 e. The van der Waals surface area contributed by atoms with Crippen molar-refractivity contribution >= 4 is 6.41 Å². The predicted octanol–water partition coefficient (Wildman–Crippen LogP) is 0.336. The summed E-state index contributed by atoms with van der Waals surface area (Å²) in [5, 5.41) is 11.4. The number of rotatable bonds is 5. The lowest BCUT2D eigenvalue weighted by atomic mass is 10.1. The molecule has 0 heterocycles. The normalized spacial score (nSPS) is 12.1. The number of aliphatic hydroxyl groups excluding tert-OH is 1. The van der Waals surface area contributed by atoms with Crippen LogP contribution in [-0.4, -0.2) is 24.2 Å². The monoisotopic (exact) mass is 179 g/mol. The Hall–Kier alpha value is -1.35. The van der Waals surface area contributed by atoms with Gasteiger partial charge in [-0.1, -0.05) is 30.3 Å². The predicted molar refractivity (Wildman–Crippen MR) is 50.2 cm³/mol. The van der Waals surface area contributed by atoms with E-state index in [0.29, 0.717) is 12.8 Å². The third-order valence-electron chi connectivity index (χ3n) is 1.85. The number of nitrogens with one attached hydrogen (secondary N) is 1. The molecule has 0 aliphatic rings. The van der Waals surface area contributed by atoms with Gasteiger partial charge in [0, 0.05) is 0 Å². The van der Waals surface area contributed by atoms with Crippen LogP contribution in [0.1, 0.15) is 5.56 Å².